The van der Waals surface area contributed by atoms with Crippen LogP contribution in [-0.2, 0) is 17.5 Å². The Balaban J connectivity index is 1.47. The predicted octanol–water partition coefficient (Wildman–Crippen LogP) is 3.11. The Morgan fingerprint density at radius 3 is 2.59 bits per heavy atom. The molecule has 14 nitrogen and oxygen atoms in total. The summed E-state index contributed by atoms with van der Waals surface area (Å²) in [6.07, 6.45) is -0.587. The lowest BCUT2D eigenvalue weighted by Crippen LogP contribution is -2.37. The molecule has 3 amide bonds. The van der Waals surface area contributed by atoms with Gasteiger partial charge in [-0.25, -0.2) is 19.7 Å². The molecule has 1 atom stereocenters. The molecule has 0 fully saturated rings. The molecule has 0 aromatic carbocycles. The topological polar surface area (TPSA) is 174 Å². The highest BCUT2D eigenvalue weighted by Gasteiger charge is 2.34. The molecular weight excluding hydrogens is 549 g/mol. The minimum Gasteiger partial charge on any atom is -0.337 e. The summed E-state index contributed by atoms with van der Waals surface area (Å²) in [5.74, 6) is 0.0948. The number of hydrogen-bond donors (Lipinski definition) is 2. The van der Waals surface area contributed by atoms with Crippen molar-refractivity contribution in [1.82, 2.24) is 40.0 Å². The van der Waals surface area contributed by atoms with Crippen molar-refractivity contribution in [3.8, 4) is 11.4 Å². The highest BCUT2D eigenvalue weighted by molar-refractivity contribution is 5.96. The fourth-order valence-electron chi connectivity index (χ4n) is 3.74. The van der Waals surface area contributed by atoms with Gasteiger partial charge in [-0.2, -0.15) is 18.2 Å². The van der Waals surface area contributed by atoms with Crippen LogP contribution >= 0.6 is 0 Å². The Bertz CT molecular complexity index is 1600. The predicted molar refractivity (Wildman–Crippen MR) is 136 cm³/mol. The summed E-state index contributed by atoms with van der Waals surface area (Å²) in [4.78, 5) is 58.5. The van der Waals surface area contributed by atoms with Crippen molar-refractivity contribution in [3.05, 3.63) is 59.5 Å². The molecule has 0 aliphatic rings. The number of amides is 3. The highest BCUT2D eigenvalue weighted by atomic mass is 19.4. The minimum absolute atomic E-state index is 0.00615. The molecule has 4 rings (SSSR count). The van der Waals surface area contributed by atoms with Gasteiger partial charge in [0.2, 0.25) is 11.8 Å². The molecule has 17 heteroatoms. The molecule has 0 spiro atoms. The zero-order valence-corrected chi connectivity index (χ0v) is 22.1. The number of aryl methyl sites for hydroxylation is 2. The number of nitrogens with zero attached hydrogens (tertiary/aromatic N) is 8. The Morgan fingerprint density at radius 1 is 1.20 bits per heavy atom. The SMILES string of the molecule is Cc1noc(CNC(=O)N(C)c2ncn([C@@H](C)C(=O)Nc3ccnc(-c4cnc(C(F)(F)F)c(C)c4)n3)c2C=O)n1. The number of hydrogen-bond acceptors (Lipinski definition) is 10. The molecule has 0 bridgehead atoms. The van der Waals surface area contributed by atoms with Crippen molar-refractivity contribution in [2.24, 2.45) is 0 Å². The molecule has 0 aliphatic carbocycles. The Morgan fingerprint density at radius 2 is 1.95 bits per heavy atom. The van der Waals surface area contributed by atoms with Gasteiger partial charge >= 0.3 is 12.2 Å². The quantitative estimate of drug-likeness (QED) is 0.299. The van der Waals surface area contributed by atoms with Gasteiger partial charge in [-0.3, -0.25) is 19.5 Å². The summed E-state index contributed by atoms with van der Waals surface area (Å²) in [5, 5.41) is 8.77. The van der Waals surface area contributed by atoms with Crippen LogP contribution in [0.5, 0.6) is 0 Å². The van der Waals surface area contributed by atoms with E-state index in [1.54, 1.807) is 6.92 Å². The Labute approximate surface area is 230 Å². The molecule has 0 saturated heterocycles. The number of aromatic nitrogens is 7. The van der Waals surface area contributed by atoms with E-state index in [2.05, 4.69) is 40.7 Å². The zero-order valence-electron chi connectivity index (χ0n) is 22.1. The maximum Gasteiger partial charge on any atom is 0.433 e. The van der Waals surface area contributed by atoms with Crippen LogP contribution in [0.4, 0.5) is 29.6 Å². The summed E-state index contributed by atoms with van der Waals surface area (Å²) >= 11 is 0. The fourth-order valence-corrected chi connectivity index (χ4v) is 3.74. The van der Waals surface area contributed by atoms with Crippen LogP contribution in [0.3, 0.4) is 0 Å². The molecule has 2 N–H and O–H groups in total. The number of alkyl halides is 3. The van der Waals surface area contributed by atoms with E-state index in [1.807, 2.05) is 0 Å². The average molecular weight is 573 g/mol. The zero-order chi connectivity index (χ0) is 29.9. The van der Waals surface area contributed by atoms with E-state index in [1.165, 1.54) is 50.1 Å². The second-order valence-electron chi connectivity index (χ2n) is 8.75. The molecule has 214 valence electrons. The van der Waals surface area contributed by atoms with Crippen LogP contribution < -0.4 is 15.5 Å². The number of anilines is 2. The monoisotopic (exact) mass is 572 g/mol. The smallest absolute Gasteiger partial charge is 0.337 e. The van der Waals surface area contributed by atoms with Crippen LogP contribution in [0.15, 0.2) is 35.4 Å². The van der Waals surface area contributed by atoms with E-state index in [0.717, 1.165) is 11.1 Å². The van der Waals surface area contributed by atoms with E-state index in [9.17, 15) is 27.6 Å². The number of halogens is 3. The van der Waals surface area contributed by atoms with Crippen molar-refractivity contribution in [2.45, 2.75) is 39.5 Å². The van der Waals surface area contributed by atoms with E-state index >= 15 is 0 Å². The molecule has 0 aliphatic heterocycles. The van der Waals surface area contributed by atoms with E-state index < -0.39 is 29.9 Å². The number of carbonyl (C=O) groups excluding carboxylic acids is 3. The number of urea groups is 1. The highest BCUT2D eigenvalue weighted by Crippen LogP contribution is 2.31. The van der Waals surface area contributed by atoms with Gasteiger partial charge in [0, 0.05) is 25.0 Å². The number of nitrogens with one attached hydrogen (secondary N) is 2. The molecule has 4 aromatic rings. The molecule has 0 unspecified atom stereocenters. The van der Waals surface area contributed by atoms with Crippen LogP contribution in [-0.4, -0.2) is 59.9 Å². The largest absolute Gasteiger partial charge is 0.433 e. The maximum absolute atomic E-state index is 13.0. The lowest BCUT2D eigenvalue weighted by atomic mass is 10.1. The standard InChI is InChI=1S/C24H23F3N10O4/c1-12-7-15(8-29-19(12)24(25,26)27)20-28-6-5-17(33-20)34-22(39)13(2)37-11-31-21(16(37)10-38)36(4)23(40)30-9-18-32-14(3)35-41-18/h5-8,10-11,13H,9H2,1-4H3,(H,30,40)(H,28,33,34,39)/t13-/m0/s1. The van der Waals surface area contributed by atoms with Crippen LogP contribution in [0.2, 0.25) is 0 Å². The third kappa shape index (κ3) is 6.34. The molecule has 4 heterocycles. The molecule has 0 saturated carbocycles. The number of carbonyl (C=O) groups is 3. The van der Waals surface area contributed by atoms with Crippen molar-refractivity contribution in [3.63, 3.8) is 0 Å². The van der Waals surface area contributed by atoms with E-state index in [-0.39, 0.29) is 46.7 Å². The third-order valence-corrected chi connectivity index (χ3v) is 5.81. The first-order valence-electron chi connectivity index (χ1n) is 11.9. The molecular formula is C24H23F3N10O4. The third-order valence-electron chi connectivity index (χ3n) is 5.81. The number of imidazole rings is 1. The summed E-state index contributed by atoms with van der Waals surface area (Å²) < 4.78 is 45.3. The Kier molecular flexibility index (Phi) is 8.06. The van der Waals surface area contributed by atoms with Gasteiger partial charge in [-0.1, -0.05) is 5.16 Å². The van der Waals surface area contributed by atoms with Gasteiger partial charge in [0.1, 0.15) is 23.2 Å². The van der Waals surface area contributed by atoms with Crippen molar-refractivity contribution < 1.29 is 32.1 Å². The van der Waals surface area contributed by atoms with Gasteiger partial charge in [-0.05, 0) is 38.5 Å². The number of aldehydes is 1. The lowest BCUT2D eigenvalue weighted by molar-refractivity contribution is -0.141. The summed E-state index contributed by atoms with van der Waals surface area (Å²) in [6.45, 7) is 4.34. The average Bonchev–Trinajstić information content (AvgIpc) is 3.55. The van der Waals surface area contributed by atoms with Crippen LogP contribution in [0.25, 0.3) is 11.4 Å². The molecule has 0 radical (unpaired) electrons. The summed E-state index contributed by atoms with van der Waals surface area (Å²) in [7, 11) is 1.39. The van der Waals surface area contributed by atoms with Gasteiger partial charge in [0.15, 0.2) is 23.8 Å². The number of pyridine rings is 1. The Hall–Kier alpha value is -5.22. The van der Waals surface area contributed by atoms with Crippen LogP contribution in [0, 0.1) is 13.8 Å². The first-order valence-corrected chi connectivity index (χ1v) is 11.9. The summed E-state index contributed by atoms with van der Waals surface area (Å²) in [6, 6.07) is 1.04. The normalized spacial score (nSPS) is 12.1. The maximum atomic E-state index is 13.0. The minimum atomic E-state index is -4.60. The van der Waals surface area contributed by atoms with Crippen molar-refractivity contribution >= 4 is 29.9 Å². The number of rotatable bonds is 8. The molecule has 4 aromatic heterocycles. The second kappa shape index (κ2) is 11.5. The van der Waals surface area contributed by atoms with E-state index in [0.29, 0.717) is 12.1 Å². The first kappa shape index (κ1) is 28.8. The van der Waals surface area contributed by atoms with Crippen molar-refractivity contribution in [1.29, 1.82) is 0 Å². The van der Waals surface area contributed by atoms with Crippen molar-refractivity contribution in [2.75, 3.05) is 17.3 Å². The van der Waals surface area contributed by atoms with E-state index in [4.69, 9.17) is 4.52 Å². The van der Waals surface area contributed by atoms with Gasteiger partial charge in [-0.15, -0.1) is 0 Å². The molecule has 41 heavy (non-hydrogen) atoms. The fraction of sp³-hybridized carbons (Fsp3) is 0.292. The van der Waals surface area contributed by atoms with Crippen LogP contribution in [0.1, 0.15) is 46.4 Å². The lowest BCUT2D eigenvalue weighted by Gasteiger charge is -2.18. The first-order chi connectivity index (χ1) is 19.4. The summed E-state index contributed by atoms with van der Waals surface area (Å²) in [5.41, 5.74) is -0.955. The van der Waals surface area contributed by atoms with Gasteiger partial charge < -0.3 is 19.7 Å². The van der Waals surface area contributed by atoms with Gasteiger partial charge in [0.05, 0.1) is 12.9 Å². The van der Waals surface area contributed by atoms with Gasteiger partial charge in [0.25, 0.3) is 0 Å². The second-order valence-corrected chi connectivity index (χ2v) is 8.75.